The molecule has 0 unspecified atom stereocenters. The lowest BCUT2D eigenvalue weighted by atomic mass is 9.87. The summed E-state index contributed by atoms with van der Waals surface area (Å²) in [4.78, 5) is 24.6. The number of benzene rings is 2. The van der Waals surface area contributed by atoms with E-state index in [0.29, 0.717) is 5.56 Å². The van der Waals surface area contributed by atoms with Crippen LogP contribution >= 0.6 is 0 Å². The summed E-state index contributed by atoms with van der Waals surface area (Å²) < 4.78 is 23.8. The fraction of sp³-hybridized carbons (Fsp3) is 0.364. The lowest BCUT2D eigenvalue weighted by Crippen LogP contribution is -2.39. The van der Waals surface area contributed by atoms with Gasteiger partial charge in [-0.25, -0.2) is 4.39 Å². The van der Waals surface area contributed by atoms with Gasteiger partial charge in [0.25, 0.3) is 5.91 Å². The van der Waals surface area contributed by atoms with Gasteiger partial charge in [0.1, 0.15) is 0 Å². The van der Waals surface area contributed by atoms with E-state index in [1.807, 2.05) is 18.2 Å². The number of carbonyl (C=O) groups is 2. The van der Waals surface area contributed by atoms with Gasteiger partial charge >= 0.3 is 5.97 Å². The first-order chi connectivity index (χ1) is 13.5. The van der Waals surface area contributed by atoms with Crippen LogP contribution in [0.1, 0.15) is 42.5 Å². The van der Waals surface area contributed by atoms with Gasteiger partial charge in [0, 0.05) is 0 Å². The molecule has 6 heteroatoms. The number of nitrogens with one attached hydrogen (secondary N) is 1. The Morgan fingerprint density at radius 3 is 2.79 bits per heavy atom. The van der Waals surface area contributed by atoms with Crippen molar-refractivity contribution in [1.82, 2.24) is 5.32 Å². The number of fused-ring (bicyclic) bond motifs is 1. The topological polar surface area (TPSA) is 64.6 Å². The summed E-state index contributed by atoms with van der Waals surface area (Å²) in [7, 11) is 1.37. The fourth-order valence-corrected chi connectivity index (χ4v) is 3.47. The molecular formula is C22H24FNO4. The van der Waals surface area contributed by atoms with Crippen molar-refractivity contribution in [2.45, 2.75) is 44.8 Å². The smallest absolute Gasteiger partial charge is 0.311 e. The predicted octanol–water partition coefficient (Wildman–Crippen LogP) is 3.50. The van der Waals surface area contributed by atoms with Crippen LogP contribution in [0.5, 0.6) is 5.75 Å². The van der Waals surface area contributed by atoms with Crippen LogP contribution in [0, 0.1) is 5.82 Å². The first-order valence-corrected chi connectivity index (χ1v) is 9.38. The van der Waals surface area contributed by atoms with Crippen molar-refractivity contribution in [3.05, 3.63) is 65.0 Å². The quantitative estimate of drug-likeness (QED) is 0.773. The maximum absolute atomic E-state index is 13.7. The van der Waals surface area contributed by atoms with E-state index in [4.69, 9.17) is 9.47 Å². The van der Waals surface area contributed by atoms with Gasteiger partial charge in [-0.05, 0) is 55.0 Å². The third-order valence-electron chi connectivity index (χ3n) is 4.93. The van der Waals surface area contributed by atoms with Gasteiger partial charge < -0.3 is 14.8 Å². The zero-order valence-electron chi connectivity index (χ0n) is 16.0. The number of rotatable bonds is 6. The fourth-order valence-electron chi connectivity index (χ4n) is 3.47. The number of esters is 1. The van der Waals surface area contributed by atoms with E-state index in [1.54, 1.807) is 6.07 Å². The highest BCUT2D eigenvalue weighted by atomic mass is 19.1. The number of amides is 1. The third-order valence-corrected chi connectivity index (χ3v) is 4.93. The highest BCUT2D eigenvalue weighted by Crippen LogP contribution is 2.29. The summed E-state index contributed by atoms with van der Waals surface area (Å²) in [6.45, 7) is 1.54. The van der Waals surface area contributed by atoms with Crippen LogP contribution in [0.4, 0.5) is 4.39 Å². The molecule has 0 aromatic heterocycles. The SMILES string of the molecule is COc1ccc(CC(=O)O[C@@H](C)C(=O)N[C@H]2CCCc3ccccc32)cc1F. The maximum atomic E-state index is 13.7. The summed E-state index contributed by atoms with van der Waals surface area (Å²) in [5.74, 6) is -1.36. The van der Waals surface area contributed by atoms with Crippen molar-refractivity contribution in [1.29, 1.82) is 0 Å². The van der Waals surface area contributed by atoms with Crippen molar-refractivity contribution in [2.24, 2.45) is 0 Å². The second-order valence-corrected chi connectivity index (χ2v) is 6.93. The van der Waals surface area contributed by atoms with Crippen LogP contribution in [0.25, 0.3) is 0 Å². The second-order valence-electron chi connectivity index (χ2n) is 6.93. The molecule has 0 fully saturated rings. The van der Waals surface area contributed by atoms with Crippen molar-refractivity contribution in [2.75, 3.05) is 7.11 Å². The second kappa shape index (κ2) is 8.87. The van der Waals surface area contributed by atoms with E-state index in [0.717, 1.165) is 24.8 Å². The molecule has 0 bridgehead atoms. The number of carbonyl (C=O) groups excluding carboxylic acids is 2. The molecule has 0 saturated heterocycles. The number of methoxy groups -OCH3 is 1. The predicted molar refractivity (Wildman–Crippen MR) is 102 cm³/mol. The van der Waals surface area contributed by atoms with Gasteiger partial charge in [0.2, 0.25) is 0 Å². The lowest BCUT2D eigenvalue weighted by molar-refractivity contribution is -0.154. The Kier molecular flexibility index (Phi) is 6.29. The largest absolute Gasteiger partial charge is 0.494 e. The van der Waals surface area contributed by atoms with Gasteiger partial charge in [-0.2, -0.15) is 0 Å². The molecule has 1 N–H and O–H groups in total. The van der Waals surface area contributed by atoms with E-state index in [2.05, 4.69) is 11.4 Å². The van der Waals surface area contributed by atoms with Crippen LogP contribution in [-0.4, -0.2) is 25.1 Å². The van der Waals surface area contributed by atoms with Gasteiger partial charge in [0.15, 0.2) is 17.7 Å². The van der Waals surface area contributed by atoms with Crippen LogP contribution in [0.15, 0.2) is 42.5 Å². The summed E-state index contributed by atoms with van der Waals surface area (Å²) >= 11 is 0. The Labute approximate surface area is 163 Å². The van der Waals surface area contributed by atoms with E-state index < -0.39 is 17.9 Å². The molecule has 1 aliphatic carbocycles. The molecular weight excluding hydrogens is 361 g/mol. The Balaban J connectivity index is 1.56. The molecule has 0 heterocycles. The van der Waals surface area contributed by atoms with E-state index in [1.165, 1.54) is 31.7 Å². The number of hydrogen-bond acceptors (Lipinski definition) is 4. The minimum Gasteiger partial charge on any atom is -0.494 e. The van der Waals surface area contributed by atoms with Crippen LogP contribution in [-0.2, 0) is 27.2 Å². The minimum absolute atomic E-state index is 0.0747. The molecule has 2 atom stereocenters. The zero-order chi connectivity index (χ0) is 20.1. The van der Waals surface area contributed by atoms with Crippen LogP contribution in [0.3, 0.4) is 0 Å². The molecule has 28 heavy (non-hydrogen) atoms. The Bertz CT molecular complexity index is 867. The average Bonchev–Trinajstić information content (AvgIpc) is 2.68. The van der Waals surface area contributed by atoms with Crippen molar-refractivity contribution >= 4 is 11.9 Å². The summed E-state index contributed by atoms with van der Waals surface area (Å²) in [6.07, 6.45) is 1.81. The molecule has 148 valence electrons. The van der Waals surface area contributed by atoms with Crippen LogP contribution < -0.4 is 10.1 Å². The maximum Gasteiger partial charge on any atom is 0.311 e. The highest BCUT2D eigenvalue weighted by Gasteiger charge is 2.25. The number of hydrogen-bond donors (Lipinski definition) is 1. The van der Waals surface area contributed by atoms with Crippen molar-refractivity contribution in [3.63, 3.8) is 0 Å². The van der Waals surface area contributed by atoms with E-state index >= 15 is 0 Å². The summed E-state index contributed by atoms with van der Waals surface area (Å²) in [5, 5.41) is 2.98. The molecule has 1 amide bonds. The van der Waals surface area contributed by atoms with Gasteiger partial charge in [-0.1, -0.05) is 30.3 Å². The van der Waals surface area contributed by atoms with Gasteiger partial charge in [-0.15, -0.1) is 0 Å². The van der Waals surface area contributed by atoms with Gasteiger partial charge in [0.05, 0.1) is 19.6 Å². The third kappa shape index (κ3) is 4.68. The molecule has 2 aromatic rings. The molecule has 0 spiro atoms. The highest BCUT2D eigenvalue weighted by molar-refractivity contribution is 5.84. The summed E-state index contributed by atoms with van der Waals surface area (Å²) in [5.41, 5.74) is 2.82. The normalized spacial score (nSPS) is 16.6. The Morgan fingerprint density at radius 1 is 1.25 bits per heavy atom. The monoisotopic (exact) mass is 385 g/mol. The van der Waals surface area contributed by atoms with E-state index in [-0.39, 0.29) is 24.1 Å². The standard InChI is InChI=1S/C22H24FNO4/c1-14(28-21(25)13-15-10-11-20(27-2)18(23)12-15)22(26)24-19-9-5-7-16-6-3-4-8-17(16)19/h3-4,6,8,10-12,14,19H,5,7,9,13H2,1-2H3,(H,24,26)/t14-,19-/m0/s1. The zero-order valence-corrected chi connectivity index (χ0v) is 16.0. The Hall–Kier alpha value is -2.89. The van der Waals surface area contributed by atoms with Crippen molar-refractivity contribution in [3.8, 4) is 5.75 Å². The molecule has 0 radical (unpaired) electrons. The first kappa shape index (κ1) is 19.9. The molecule has 0 saturated carbocycles. The lowest BCUT2D eigenvalue weighted by Gasteiger charge is -2.27. The molecule has 0 aliphatic heterocycles. The number of aryl methyl sites for hydroxylation is 1. The number of ether oxygens (including phenoxy) is 2. The van der Waals surface area contributed by atoms with Crippen molar-refractivity contribution < 1.29 is 23.5 Å². The minimum atomic E-state index is -0.926. The van der Waals surface area contributed by atoms with Crippen LogP contribution in [0.2, 0.25) is 0 Å². The summed E-state index contributed by atoms with van der Waals surface area (Å²) in [6, 6.07) is 12.2. The van der Waals surface area contributed by atoms with E-state index in [9.17, 15) is 14.0 Å². The average molecular weight is 385 g/mol. The molecule has 1 aliphatic rings. The Morgan fingerprint density at radius 2 is 2.04 bits per heavy atom. The first-order valence-electron chi connectivity index (χ1n) is 9.38. The molecule has 5 nitrogen and oxygen atoms in total. The number of halogens is 1. The van der Waals surface area contributed by atoms with Gasteiger partial charge in [-0.3, -0.25) is 9.59 Å². The molecule has 3 rings (SSSR count). The molecule has 2 aromatic carbocycles.